The number of rotatable bonds is 6. The normalized spacial score (nSPS) is 18.1. The molecule has 0 bridgehead atoms. The molecule has 1 fully saturated rings. The van der Waals surface area contributed by atoms with Gasteiger partial charge in [0.2, 0.25) is 0 Å². The van der Waals surface area contributed by atoms with Gasteiger partial charge in [-0.3, -0.25) is 9.69 Å². The molecule has 0 spiro atoms. The fraction of sp³-hybridized carbons (Fsp3) is 0.542. The molecule has 1 aromatic heterocycles. The van der Waals surface area contributed by atoms with Crippen LogP contribution in [-0.2, 0) is 0 Å². The van der Waals surface area contributed by atoms with Gasteiger partial charge >= 0.3 is 0 Å². The molecule has 2 aromatic rings. The number of benzene rings is 1. The molecule has 2 aliphatic rings. The van der Waals surface area contributed by atoms with E-state index in [1.54, 1.807) is 0 Å². The Labute approximate surface area is 184 Å². The van der Waals surface area contributed by atoms with Gasteiger partial charge in [-0.25, -0.2) is 0 Å². The first-order valence-electron chi connectivity index (χ1n) is 11.3. The quantitative estimate of drug-likeness (QED) is 0.770. The van der Waals surface area contributed by atoms with E-state index < -0.39 is 0 Å². The number of nitrogens with one attached hydrogen (secondary N) is 1. The van der Waals surface area contributed by atoms with Gasteiger partial charge in [0.05, 0.1) is 5.56 Å². The molecule has 1 aromatic carbocycles. The van der Waals surface area contributed by atoms with Gasteiger partial charge in [0, 0.05) is 61.9 Å². The van der Waals surface area contributed by atoms with Crippen LogP contribution in [0.1, 0.15) is 35.6 Å². The van der Waals surface area contributed by atoms with Crippen LogP contribution in [0.5, 0.6) is 11.5 Å². The topological polar surface area (TPSA) is 59.0 Å². The van der Waals surface area contributed by atoms with E-state index in [0.29, 0.717) is 25.8 Å². The zero-order valence-electron chi connectivity index (χ0n) is 19.1. The minimum atomic E-state index is -0.0177. The van der Waals surface area contributed by atoms with Crippen LogP contribution < -0.4 is 14.8 Å². The first kappa shape index (κ1) is 21.7. The molecule has 1 N–H and O–H groups in total. The molecule has 7 nitrogen and oxygen atoms in total. The van der Waals surface area contributed by atoms with Crippen LogP contribution >= 0.6 is 0 Å². The number of aryl methyl sites for hydroxylation is 1. The second kappa shape index (κ2) is 9.32. The number of nitrogens with zero attached hydrogens (tertiary/aromatic N) is 3. The molecule has 1 saturated heterocycles. The Morgan fingerprint density at radius 1 is 1.06 bits per heavy atom. The molecule has 1 atom stereocenters. The highest BCUT2D eigenvalue weighted by Gasteiger charge is 2.22. The number of hydrogen-bond acceptors (Lipinski definition) is 5. The van der Waals surface area contributed by atoms with Gasteiger partial charge in [0.15, 0.2) is 11.5 Å². The third kappa shape index (κ3) is 4.57. The van der Waals surface area contributed by atoms with Crippen molar-refractivity contribution in [1.29, 1.82) is 0 Å². The third-order valence-electron chi connectivity index (χ3n) is 6.50. The van der Waals surface area contributed by atoms with Crippen molar-refractivity contribution in [3.8, 4) is 17.2 Å². The maximum Gasteiger partial charge on any atom is 0.253 e. The fourth-order valence-electron chi connectivity index (χ4n) is 4.55. The lowest BCUT2D eigenvalue weighted by molar-refractivity contribution is 0.0882. The SMILES string of the molecule is CCN1CCN(C(C)CNC(=O)c2cc(C)n(-c3ccc4c(c3)OCCO4)c2C)CC1. The van der Waals surface area contributed by atoms with E-state index in [-0.39, 0.29) is 5.91 Å². The number of amides is 1. The number of likely N-dealkylation sites (N-methyl/N-ethyl adjacent to an activating group) is 1. The minimum Gasteiger partial charge on any atom is -0.486 e. The van der Waals surface area contributed by atoms with E-state index in [4.69, 9.17) is 9.47 Å². The predicted molar refractivity (Wildman–Crippen MR) is 122 cm³/mol. The Kier molecular flexibility index (Phi) is 6.53. The van der Waals surface area contributed by atoms with Crippen LogP contribution in [0.4, 0.5) is 0 Å². The monoisotopic (exact) mass is 426 g/mol. The number of ether oxygens (including phenoxy) is 2. The smallest absolute Gasteiger partial charge is 0.253 e. The predicted octanol–water partition coefficient (Wildman–Crippen LogP) is 2.62. The molecular formula is C24H34N4O3. The Balaban J connectivity index is 1.43. The van der Waals surface area contributed by atoms with Crippen molar-refractivity contribution < 1.29 is 14.3 Å². The van der Waals surface area contributed by atoms with Crippen molar-refractivity contribution in [2.45, 2.75) is 33.7 Å². The zero-order valence-corrected chi connectivity index (χ0v) is 19.1. The van der Waals surface area contributed by atoms with Crippen LogP contribution in [0.15, 0.2) is 24.3 Å². The Bertz CT molecular complexity index is 931. The molecule has 1 amide bonds. The Hall–Kier alpha value is -2.51. The van der Waals surface area contributed by atoms with E-state index in [0.717, 1.165) is 66.9 Å². The van der Waals surface area contributed by atoms with E-state index >= 15 is 0 Å². The second-order valence-corrected chi connectivity index (χ2v) is 8.48. The van der Waals surface area contributed by atoms with Gasteiger partial charge in [-0.05, 0) is 45.5 Å². The standard InChI is InChI=1S/C24H34N4O3/c1-5-26-8-10-27(11-9-26)18(3)16-25-24(29)21-14-17(2)28(19(21)4)20-6-7-22-23(15-20)31-13-12-30-22/h6-7,14-15,18H,5,8-13,16H2,1-4H3,(H,25,29). The lowest BCUT2D eigenvalue weighted by Gasteiger charge is -2.37. The van der Waals surface area contributed by atoms with Crippen molar-refractivity contribution in [2.24, 2.45) is 0 Å². The molecule has 4 rings (SSSR count). The molecule has 0 radical (unpaired) electrons. The average molecular weight is 427 g/mol. The highest BCUT2D eigenvalue weighted by Crippen LogP contribution is 2.33. The molecule has 0 saturated carbocycles. The van der Waals surface area contributed by atoms with Gasteiger partial charge < -0.3 is 24.3 Å². The summed E-state index contributed by atoms with van der Waals surface area (Å²) in [6.45, 7) is 15.6. The van der Waals surface area contributed by atoms with Gasteiger partial charge in [-0.1, -0.05) is 6.92 Å². The fourth-order valence-corrected chi connectivity index (χ4v) is 4.55. The first-order chi connectivity index (χ1) is 15.0. The number of hydrogen-bond donors (Lipinski definition) is 1. The van der Waals surface area contributed by atoms with Crippen LogP contribution in [0.3, 0.4) is 0 Å². The van der Waals surface area contributed by atoms with Crippen molar-refractivity contribution >= 4 is 5.91 Å². The second-order valence-electron chi connectivity index (χ2n) is 8.48. The lowest BCUT2D eigenvalue weighted by atomic mass is 10.2. The van der Waals surface area contributed by atoms with Crippen molar-refractivity contribution in [2.75, 3.05) is 52.5 Å². The highest BCUT2D eigenvalue weighted by atomic mass is 16.6. The van der Waals surface area contributed by atoms with Crippen LogP contribution in [0.2, 0.25) is 0 Å². The summed E-state index contributed by atoms with van der Waals surface area (Å²) in [4.78, 5) is 17.9. The van der Waals surface area contributed by atoms with E-state index in [1.165, 1.54) is 0 Å². The molecule has 1 unspecified atom stereocenters. The molecule has 3 heterocycles. The molecule has 7 heteroatoms. The maximum atomic E-state index is 13.0. The first-order valence-corrected chi connectivity index (χ1v) is 11.3. The van der Waals surface area contributed by atoms with E-state index in [9.17, 15) is 4.79 Å². The summed E-state index contributed by atoms with van der Waals surface area (Å²) >= 11 is 0. The molecule has 168 valence electrons. The number of carbonyl (C=O) groups is 1. The highest BCUT2D eigenvalue weighted by molar-refractivity contribution is 5.96. The van der Waals surface area contributed by atoms with Gasteiger partial charge in [0.25, 0.3) is 5.91 Å². The summed E-state index contributed by atoms with van der Waals surface area (Å²) < 4.78 is 13.5. The van der Waals surface area contributed by atoms with Crippen molar-refractivity contribution in [3.05, 3.63) is 41.2 Å². The largest absolute Gasteiger partial charge is 0.486 e. The number of carbonyl (C=O) groups excluding carboxylic acids is 1. The summed E-state index contributed by atoms with van der Waals surface area (Å²) in [6.07, 6.45) is 0. The lowest BCUT2D eigenvalue weighted by Crippen LogP contribution is -2.52. The van der Waals surface area contributed by atoms with Gasteiger partial charge in [-0.15, -0.1) is 0 Å². The molecule has 0 aliphatic carbocycles. The number of aromatic nitrogens is 1. The summed E-state index contributed by atoms with van der Waals surface area (Å²) in [5, 5.41) is 3.15. The zero-order chi connectivity index (χ0) is 22.0. The summed E-state index contributed by atoms with van der Waals surface area (Å²) in [5.41, 5.74) is 3.63. The van der Waals surface area contributed by atoms with Crippen molar-refractivity contribution in [3.63, 3.8) is 0 Å². The molecular weight excluding hydrogens is 392 g/mol. The average Bonchev–Trinajstić information content (AvgIpc) is 3.10. The van der Waals surface area contributed by atoms with Gasteiger partial charge in [-0.2, -0.15) is 0 Å². The third-order valence-corrected chi connectivity index (χ3v) is 6.50. The minimum absolute atomic E-state index is 0.0177. The number of fused-ring (bicyclic) bond motifs is 1. The number of piperazine rings is 1. The van der Waals surface area contributed by atoms with Gasteiger partial charge in [0.1, 0.15) is 13.2 Å². The van der Waals surface area contributed by atoms with Crippen LogP contribution in [-0.4, -0.2) is 78.8 Å². The van der Waals surface area contributed by atoms with E-state index in [2.05, 4.69) is 33.5 Å². The maximum absolute atomic E-state index is 13.0. The van der Waals surface area contributed by atoms with Crippen molar-refractivity contribution in [1.82, 2.24) is 19.7 Å². The molecule has 2 aliphatic heterocycles. The Morgan fingerprint density at radius 3 is 2.48 bits per heavy atom. The Morgan fingerprint density at radius 2 is 1.77 bits per heavy atom. The molecule has 31 heavy (non-hydrogen) atoms. The summed E-state index contributed by atoms with van der Waals surface area (Å²) in [6, 6.07) is 8.21. The summed E-state index contributed by atoms with van der Waals surface area (Å²) in [5.74, 6) is 1.50. The van der Waals surface area contributed by atoms with E-state index in [1.807, 2.05) is 38.1 Å². The summed E-state index contributed by atoms with van der Waals surface area (Å²) in [7, 11) is 0. The van der Waals surface area contributed by atoms with Crippen LogP contribution in [0, 0.1) is 13.8 Å². The van der Waals surface area contributed by atoms with Crippen LogP contribution in [0.25, 0.3) is 5.69 Å².